The van der Waals surface area contributed by atoms with Crippen molar-refractivity contribution in [3.63, 3.8) is 0 Å². The van der Waals surface area contributed by atoms with Crippen molar-refractivity contribution in [2.75, 3.05) is 61.2 Å². The van der Waals surface area contributed by atoms with Crippen molar-refractivity contribution >= 4 is 29.2 Å². The first-order chi connectivity index (χ1) is 28.5. The van der Waals surface area contributed by atoms with Gasteiger partial charge in [0, 0.05) is 70.8 Å². The number of nitrogens with two attached hydrogens (primary N) is 1. The Kier molecular flexibility index (Phi) is 12.5. The number of carbonyl (C=O) groups is 1. The normalized spacial score (nSPS) is 14.9. The number of carbonyl (C=O) groups excluding carboxylic acids is 1. The van der Waals surface area contributed by atoms with Crippen LogP contribution in [0.4, 0.5) is 23.3 Å². The SMILES string of the molecule is COC1CCN(c2cccc(-c3cc(N)nc(-n4nc(C)cc4C)n3)n2)CC1.COC1CCN(c2cccc(-c3cc(NC(C)=O)nc(-n4nc(C)cc4C)n3)n2)CC1. The zero-order valence-electron chi connectivity index (χ0n) is 34.8. The van der Waals surface area contributed by atoms with Crippen LogP contribution in [-0.4, -0.2) is 108 Å². The second-order valence-corrected chi connectivity index (χ2v) is 14.9. The number of nitrogens with one attached hydrogen (secondary N) is 1. The van der Waals surface area contributed by atoms with Crippen molar-refractivity contribution in [3.8, 4) is 34.7 Å². The molecule has 17 nitrogen and oxygen atoms in total. The molecule has 0 saturated carbocycles. The van der Waals surface area contributed by atoms with Gasteiger partial charge in [-0.1, -0.05) is 12.1 Å². The Bertz CT molecular complexity index is 2400. The third-order valence-electron chi connectivity index (χ3n) is 10.3. The largest absolute Gasteiger partial charge is 0.384 e. The van der Waals surface area contributed by atoms with Crippen LogP contribution in [-0.2, 0) is 14.3 Å². The van der Waals surface area contributed by atoms with E-state index >= 15 is 0 Å². The van der Waals surface area contributed by atoms with Crippen molar-refractivity contribution in [2.24, 2.45) is 0 Å². The molecule has 0 bridgehead atoms. The number of pyridine rings is 2. The molecular weight excluding hydrogens is 749 g/mol. The summed E-state index contributed by atoms with van der Waals surface area (Å²) in [6.07, 6.45) is 4.61. The predicted molar refractivity (Wildman–Crippen MR) is 227 cm³/mol. The Hall–Kier alpha value is -6.33. The molecule has 59 heavy (non-hydrogen) atoms. The molecule has 0 aliphatic carbocycles. The highest BCUT2D eigenvalue weighted by Gasteiger charge is 2.22. The molecule has 1 amide bonds. The van der Waals surface area contributed by atoms with Crippen molar-refractivity contribution in [3.05, 3.63) is 83.4 Å². The van der Waals surface area contributed by atoms with Crippen molar-refractivity contribution in [2.45, 2.75) is 72.5 Å². The number of nitrogen functional groups attached to an aromatic ring is 1. The minimum absolute atomic E-state index is 0.202. The molecule has 0 aromatic carbocycles. The first-order valence-corrected chi connectivity index (χ1v) is 19.8. The van der Waals surface area contributed by atoms with Gasteiger partial charge in [-0.2, -0.15) is 20.2 Å². The van der Waals surface area contributed by atoms with E-state index in [4.69, 9.17) is 30.2 Å². The molecule has 8 rings (SSSR count). The van der Waals surface area contributed by atoms with Gasteiger partial charge in [0.15, 0.2) is 0 Å². The zero-order chi connectivity index (χ0) is 41.6. The van der Waals surface area contributed by atoms with Crippen LogP contribution in [0, 0.1) is 27.7 Å². The van der Waals surface area contributed by atoms with Crippen LogP contribution < -0.4 is 20.9 Å². The molecule has 0 unspecified atom stereocenters. The number of rotatable bonds is 9. The predicted octanol–water partition coefficient (Wildman–Crippen LogP) is 5.45. The Balaban J connectivity index is 0.000000180. The fourth-order valence-electron chi connectivity index (χ4n) is 7.37. The molecule has 3 N–H and O–H groups in total. The first kappa shape index (κ1) is 40.9. The van der Waals surface area contributed by atoms with Gasteiger partial charge in [-0.25, -0.2) is 29.3 Å². The molecular formula is C42H52N14O3. The summed E-state index contributed by atoms with van der Waals surface area (Å²) in [5, 5.41) is 11.7. The lowest BCUT2D eigenvalue weighted by atomic mass is 10.1. The topological polar surface area (TPSA) is 193 Å². The lowest BCUT2D eigenvalue weighted by Crippen LogP contribution is -2.37. The first-order valence-electron chi connectivity index (χ1n) is 19.8. The van der Waals surface area contributed by atoms with Gasteiger partial charge in [0.1, 0.15) is 23.3 Å². The molecule has 0 radical (unpaired) electrons. The number of hydrogen-bond donors (Lipinski definition) is 2. The Labute approximate surface area is 344 Å². The second-order valence-electron chi connectivity index (χ2n) is 14.9. The van der Waals surface area contributed by atoms with Gasteiger partial charge in [0.25, 0.3) is 11.9 Å². The number of nitrogens with zero attached hydrogens (tertiary/aromatic N) is 12. The Morgan fingerprint density at radius 1 is 0.627 bits per heavy atom. The van der Waals surface area contributed by atoms with E-state index in [2.05, 4.69) is 40.3 Å². The van der Waals surface area contributed by atoms with Crippen LogP contribution in [0.15, 0.2) is 60.7 Å². The number of aryl methyl sites for hydroxylation is 4. The fourth-order valence-corrected chi connectivity index (χ4v) is 7.37. The summed E-state index contributed by atoms with van der Waals surface area (Å²) in [5.74, 6) is 3.28. The molecule has 0 spiro atoms. The number of hydrogen-bond acceptors (Lipinski definition) is 14. The van der Waals surface area contributed by atoms with E-state index < -0.39 is 0 Å². The van der Waals surface area contributed by atoms with Crippen LogP contribution in [0.2, 0.25) is 0 Å². The van der Waals surface area contributed by atoms with Crippen LogP contribution in [0.25, 0.3) is 34.7 Å². The highest BCUT2D eigenvalue weighted by atomic mass is 16.5. The molecule has 8 heterocycles. The quantitative estimate of drug-likeness (QED) is 0.187. The number of piperidine rings is 2. The van der Waals surface area contributed by atoms with E-state index in [1.165, 1.54) is 6.92 Å². The monoisotopic (exact) mass is 800 g/mol. The number of anilines is 4. The van der Waals surface area contributed by atoms with Crippen LogP contribution in [0.3, 0.4) is 0 Å². The Morgan fingerprint density at radius 2 is 1.08 bits per heavy atom. The van der Waals surface area contributed by atoms with Gasteiger partial charge in [0.2, 0.25) is 5.91 Å². The van der Waals surface area contributed by atoms with Gasteiger partial charge in [-0.15, -0.1) is 0 Å². The average molecular weight is 801 g/mol. The highest BCUT2D eigenvalue weighted by Crippen LogP contribution is 2.27. The van der Waals surface area contributed by atoms with Crippen LogP contribution in [0.1, 0.15) is 55.4 Å². The molecule has 2 saturated heterocycles. The zero-order valence-corrected chi connectivity index (χ0v) is 34.8. The van der Waals surface area contributed by atoms with E-state index in [-0.39, 0.29) is 5.91 Å². The maximum absolute atomic E-state index is 11.7. The molecule has 2 aliphatic rings. The molecule has 0 atom stereocenters. The maximum atomic E-state index is 11.7. The van der Waals surface area contributed by atoms with E-state index in [1.54, 1.807) is 35.7 Å². The maximum Gasteiger partial charge on any atom is 0.253 e. The van der Waals surface area contributed by atoms with E-state index in [0.717, 1.165) is 92.0 Å². The van der Waals surface area contributed by atoms with Gasteiger partial charge in [-0.05, 0) is 89.8 Å². The van der Waals surface area contributed by atoms with Gasteiger partial charge < -0.3 is 30.3 Å². The third kappa shape index (κ3) is 9.87. The number of aromatic nitrogens is 10. The van der Waals surface area contributed by atoms with Gasteiger partial charge in [0.05, 0.1) is 46.4 Å². The smallest absolute Gasteiger partial charge is 0.253 e. The van der Waals surface area contributed by atoms with E-state index in [0.29, 0.717) is 52.8 Å². The second kappa shape index (κ2) is 18.1. The molecule has 6 aromatic rings. The molecule has 308 valence electrons. The molecule has 2 fully saturated rings. The van der Waals surface area contributed by atoms with Crippen molar-refractivity contribution in [1.29, 1.82) is 0 Å². The summed E-state index contributed by atoms with van der Waals surface area (Å²) in [5.41, 5.74) is 12.5. The summed E-state index contributed by atoms with van der Waals surface area (Å²) in [7, 11) is 3.54. The summed E-state index contributed by atoms with van der Waals surface area (Å²) >= 11 is 0. The van der Waals surface area contributed by atoms with Crippen molar-refractivity contribution < 1.29 is 14.3 Å². The summed E-state index contributed by atoms with van der Waals surface area (Å²) in [6, 6.07) is 19.3. The van der Waals surface area contributed by atoms with E-state index in [1.807, 2.05) is 76.2 Å². The third-order valence-corrected chi connectivity index (χ3v) is 10.3. The summed E-state index contributed by atoms with van der Waals surface area (Å²) < 4.78 is 14.3. The number of methoxy groups -OCH3 is 2. The number of ether oxygens (including phenoxy) is 2. The minimum Gasteiger partial charge on any atom is -0.384 e. The van der Waals surface area contributed by atoms with E-state index in [9.17, 15) is 4.79 Å². The number of amides is 1. The van der Waals surface area contributed by atoms with Crippen LogP contribution >= 0.6 is 0 Å². The summed E-state index contributed by atoms with van der Waals surface area (Å²) in [6.45, 7) is 12.9. The lowest BCUT2D eigenvalue weighted by molar-refractivity contribution is -0.114. The standard InChI is InChI=1S/C22H27N7O2.C20H25N7O/c1-14-12-15(2)29(27-14)22-25-19(13-20(26-22)23-16(3)30)18-6-5-7-21(24-18)28-10-8-17(31-4)9-11-28;1-13-11-14(2)27(25-13)20-23-17(12-18(21)24-20)16-5-4-6-19(22-16)26-9-7-15(28-3)8-10-26/h5-7,12-13,17H,8-11H2,1-4H3,(H,23,25,26,30);4-6,11-12,15H,7-10H2,1-3H3,(H2,21,23,24). The van der Waals surface area contributed by atoms with Gasteiger partial charge >= 0.3 is 0 Å². The Morgan fingerprint density at radius 3 is 1.51 bits per heavy atom. The highest BCUT2D eigenvalue weighted by molar-refractivity contribution is 5.88. The lowest BCUT2D eigenvalue weighted by Gasteiger charge is -2.32. The fraction of sp³-hybridized carbons (Fsp3) is 0.405. The van der Waals surface area contributed by atoms with Gasteiger partial charge in [-0.3, -0.25) is 4.79 Å². The summed E-state index contributed by atoms with van der Waals surface area (Å²) in [4.78, 5) is 44.1. The van der Waals surface area contributed by atoms with Crippen LogP contribution in [0.5, 0.6) is 0 Å². The average Bonchev–Trinajstić information content (AvgIpc) is 3.78. The van der Waals surface area contributed by atoms with Crippen molar-refractivity contribution in [1.82, 2.24) is 49.5 Å². The molecule has 2 aliphatic heterocycles. The minimum atomic E-state index is -0.202. The molecule has 17 heteroatoms. The molecule has 6 aromatic heterocycles.